The SMILES string of the molecule is CCC/C=C/C=C/C=C/C=C/C=C/CCCCCCCC(=O)OC(CCCCCCCCCCCCCCCCC)CC(=O)NC(CO)C(O)CCCCCCCCCCCCCCCCCC. The molecule has 0 aromatic heterocycles. The van der Waals surface area contributed by atoms with Crippen molar-refractivity contribution < 1.29 is 24.5 Å². The fraction of sp³-hybridized carbons (Fsp3) is 0.806. The van der Waals surface area contributed by atoms with Crippen LogP contribution in [-0.4, -0.2) is 46.9 Å². The minimum atomic E-state index is -0.793. The van der Waals surface area contributed by atoms with Gasteiger partial charge >= 0.3 is 5.97 Å². The summed E-state index contributed by atoms with van der Waals surface area (Å²) in [6.45, 7) is 6.43. The number of amides is 1. The molecule has 0 bridgehead atoms. The molecule has 396 valence electrons. The molecule has 1 amide bonds. The first-order valence-corrected chi connectivity index (χ1v) is 29.6. The number of allylic oxidation sites excluding steroid dienone is 10. The quantitative estimate of drug-likeness (QED) is 0.0321. The number of nitrogens with one attached hydrogen (secondary N) is 1. The van der Waals surface area contributed by atoms with Gasteiger partial charge in [0, 0.05) is 6.42 Å². The summed E-state index contributed by atoms with van der Waals surface area (Å²) in [5.41, 5.74) is 0. The number of hydrogen-bond donors (Lipinski definition) is 3. The number of hydrogen-bond acceptors (Lipinski definition) is 5. The smallest absolute Gasteiger partial charge is 0.306 e. The molecule has 6 heteroatoms. The van der Waals surface area contributed by atoms with Crippen molar-refractivity contribution in [1.82, 2.24) is 5.32 Å². The normalized spacial score (nSPS) is 13.5. The van der Waals surface area contributed by atoms with Crippen LogP contribution in [0.25, 0.3) is 0 Å². The Hall–Kier alpha value is -2.44. The van der Waals surface area contributed by atoms with Crippen molar-refractivity contribution in [2.24, 2.45) is 0 Å². The molecule has 3 N–H and O–H groups in total. The molecule has 6 nitrogen and oxygen atoms in total. The van der Waals surface area contributed by atoms with E-state index in [1.165, 1.54) is 173 Å². The molecule has 0 saturated heterocycles. The Morgan fingerprint density at radius 1 is 0.426 bits per heavy atom. The molecule has 0 rings (SSSR count). The van der Waals surface area contributed by atoms with Gasteiger partial charge in [-0.3, -0.25) is 9.59 Å². The largest absolute Gasteiger partial charge is 0.462 e. The highest BCUT2D eigenvalue weighted by atomic mass is 16.5. The van der Waals surface area contributed by atoms with Gasteiger partial charge in [-0.1, -0.05) is 300 Å². The summed E-state index contributed by atoms with van der Waals surface area (Å²) in [4.78, 5) is 26.3. The van der Waals surface area contributed by atoms with Gasteiger partial charge < -0.3 is 20.3 Å². The molecule has 0 saturated carbocycles. The average Bonchev–Trinajstić information content (AvgIpc) is 3.33. The van der Waals surface area contributed by atoms with Gasteiger partial charge in [0.2, 0.25) is 5.91 Å². The van der Waals surface area contributed by atoms with Crippen molar-refractivity contribution in [2.45, 2.75) is 315 Å². The lowest BCUT2D eigenvalue weighted by atomic mass is 10.0. The molecule has 0 radical (unpaired) electrons. The summed E-state index contributed by atoms with van der Waals surface area (Å²) >= 11 is 0. The minimum Gasteiger partial charge on any atom is -0.462 e. The van der Waals surface area contributed by atoms with Crippen LogP contribution >= 0.6 is 0 Å². The second-order valence-electron chi connectivity index (χ2n) is 20.2. The first-order chi connectivity index (χ1) is 33.5. The molecule has 0 aromatic carbocycles. The van der Waals surface area contributed by atoms with Crippen molar-refractivity contribution >= 4 is 11.9 Å². The predicted molar refractivity (Wildman–Crippen MR) is 296 cm³/mol. The number of carbonyl (C=O) groups excluding carboxylic acids is 2. The van der Waals surface area contributed by atoms with E-state index in [0.29, 0.717) is 19.3 Å². The maximum atomic E-state index is 13.3. The summed E-state index contributed by atoms with van der Waals surface area (Å²) in [5.74, 6) is -0.490. The fourth-order valence-electron chi connectivity index (χ4n) is 8.99. The third-order valence-electron chi connectivity index (χ3n) is 13.5. The first-order valence-electron chi connectivity index (χ1n) is 29.6. The minimum absolute atomic E-state index is 0.0688. The maximum Gasteiger partial charge on any atom is 0.306 e. The molecular formula is C62H113NO5. The molecule has 3 unspecified atom stereocenters. The number of aliphatic hydroxyl groups excluding tert-OH is 2. The van der Waals surface area contributed by atoms with Gasteiger partial charge in [0.25, 0.3) is 0 Å². The van der Waals surface area contributed by atoms with E-state index in [1.54, 1.807) is 0 Å². The molecule has 0 aliphatic heterocycles. The Morgan fingerprint density at radius 2 is 0.779 bits per heavy atom. The highest BCUT2D eigenvalue weighted by Gasteiger charge is 2.24. The standard InChI is InChI=1S/C62H113NO5/c1-4-7-10-13-16-19-22-25-28-30-31-34-37-40-43-46-49-52-55-62(67)68-58(53-50-47-44-41-38-35-32-27-24-21-18-15-12-9-6-3)56-61(66)63-59(57-64)60(65)54-51-48-45-42-39-36-33-29-26-23-20-17-14-11-8-5-2/h10,13,16,19,22,25,28,30-31,34,58-60,64-65H,4-9,11-12,14-15,17-18,20-21,23-24,26-27,29,32-33,35-57H2,1-3H3,(H,63,66)/b13-10+,19-16+,25-22+,30-28+,34-31+. The van der Waals surface area contributed by atoms with Crippen LogP contribution in [0, 0.1) is 0 Å². The number of esters is 1. The molecular weight excluding hydrogens is 839 g/mol. The van der Waals surface area contributed by atoms with Gasteiger partial charge in [-0.05, 0) is 44.9 Å². The van der Waals surface area contributed by atoms with E-state index in [-0.39, 0.29) is 24.9 Å². The van der Waals surface area contributed by atoms with Gasteiger partial charge in [-0.15, -0.1) is 0 Å². The molecule has 0 heterocycles. The predicted octanol–water partition coefficient (Wildman–Crippen LogP) is 18.4. The van der Waals surface area contributed by atoms with Crippen molar-refractivity contribution in [2.75, 3.05) is 6.61 Å². The lowest BCUT2D eigenvalue weighted by Crippen LogP contribution is -2.46. The van der Waals surface area contributed by atoms with Crippen LogP contribution in [0.2, 0.25) is 0 Å². The molecule has 0 fully saturated rings. The molecule has 0 spiro atoms. The summed E-state index contributed by atoms with van der Waals surface area (Å²) < 4.78 is 5.96. The third kappa shape index (κ3) is 50.0. The average molecular weight is 953 g/mol. The van der Waals surface area contributed by atoms with Crippen LogP contribution in [0.4, 0.5) is 0 Å². The van der Waals surface area contributed by atoms with Gasteiger partial charge in [-0.25, -0.2) is 0 Å². The summed E-state index contributed by atoms with van der Waals surface area (Å²) in [5, 5.41) is 23.9. The molecule has 68 heavy (non-hydrogen) atoms. The molecule has 0 aliphatic carbocycles. The van der Waals surface area contributed by atoms with Crippen LogP contribution < -0.4 is 5.32 Å². The van der Waals surface area contributed by atoms with E-state index in [9.17, 15) is 19.8 Å². The summed E-state index contributed by atoms with van der Waals surface area (Å²) in [7, 11) is 0. The van der Waals surface area contributed by atoms with Gasteiger partial charge in [0.1, 0.15) is 6.10 Å². The number of aliphatic hydroxyl groups is 2. The lowest BCUT2D eigenvalue weighted by molar-refractivity contribution is -0.151. The van der Waals surface area contributed by atoms with Gasteiger partial charge in [0.15, 0.2) is 0 Å². The molecule has 0 aliphatic rings. The number of rotatable bonds is 53. The molecule has 3 atom stereocenters. The van der Waals surface area contributed by atoms with Crippen LogP contribution in [0.3, 0.4) is 0 Å². The monoisotopic (exact) mass is 952 g/mol. The van der Waals surface area contributed by atoms with Crippen molar-refractivity contribution in [3.63, 3.8) is 0 Å². The summed E-state index contributed by atoms with van der Waals surface area (Å²) in [6.07, 6.45) is 69.9. The van der Waals surface area contributed by atoms with Gasteiger partial charge in [-0.2, -0.15) is 0 Å². The van der Waals surface area contributed by atoms with Crippen molar-refractivity contribution in [3.05, 3.63) is 60.8 Å². The third-order valence-corrected chi connectivity index (χ3v) is 13.5. The zero-order chi connectivity index (χ0) is 49.5. The topological polar surface area (TPSA) is 95.9 Å². The van der Waals surface area contributed by atoms with Crippen molar-refractivity contribution in [3.8, 4) is 0 Å². The van der Waals surface area contributed by atoms with Crippen LogP contribution in [0.5, 0.6) is 0 Å². The van der Waals surface area contributed by atoms with E-state index < -0.39 is 18.2 Å². The second kappa shape index (κ2) is 55.5. The Balaban J connectivity index is 4.58. The van der Waals surface area contributed by atoms with Crippen molar-refractivity contribution in [1.29, 1.82) is 0 Å². The highest BCUT2D eigenvalue weighted by molar-refractivity contribution is 5.77. The zero-order valence-corrected chi connectivity index (χ0v) is 45.2. The van der Waals surface area contributed by atoms with E-state index in [0.717, 1.165) is 77.0 Å². The number of carbonyl (C=O) groups is 2. The van der Waals surface area contributed by atoms with Crippen LogP contribution in [0.15, 0.2) is 60.8 Å². The van der Waals surface area contributed by atoms with E-state index in [2.05, 4.69) is 62.5 Å². The Labute approximate surface area is 422 Å². The molecule has 0 aromatic rings. The second-order valence-corrected chi connectivity index (χ2v) is 20.2. The highest BCUT2D eigenvalue weighted by Crippen LogP contribution is 2.19. The Bertz CT molecular complexity index is 1210. The summed E-state index contributed by atoms with van der Waals surface area (Å²) in [6, 6.07) is -0.708. The van der Waals surface area contributed by atoms with E-state index in [4.69, 9.17) is 4.74 Å². The number of unbranched alkanes of at least 4 members (excludes halogenated alkanes) is 35. The lowest BCUT2D eigenvalue weighted by Gasteiger charge is -2.24. The Kier molecular flexibility index (Phi) is 53.5. The van der Waals surface area contributed by atoms with Gasteiger partial charge in [0.05, 0.1) is 25.2 Å². The van der Waals surface area contributed by atoms with E-state index >= 15 is 0 Å². The zero-order valence-electron chi connectivity index (χ0n) is 45.2. The Morgan fingerprint density at radius 3 is 1.19 bits per heavy atom. The first kappa shape index (κ1) is 65.6. The van der Waals surface area contributed by atoms with Crippen LogP contribution in [-0.2, 0) is 14.3 Å². The van der Waals surface area contributed by atoms with E-state index in [1.807, 2.05) is 24.3 Å². The van der Waals surface area contributed by atoms with Crippen LogP contribution in [0.1, 0.15) is 297 Å². The fourth-order valence-corrected chi connectivity index (χ4v) is 8.99. The number of ether oxygens (including phenoxy) is 1. The maximum absolute atomic E-state index is 13.3.